The molecule has 0 fully saturated rings. The van der Waals surface area contributed by atoms with Crippen LogP contribution in [0.5, 0.6) is 5.75 Å². The number of aryl methyl sites for hydroxylation is 1. The lowest BCUT2D eigenvalue weighted by atomic mass is 10.0. The monoisotopic (exact) mass is 194 g/mol. The van der Waals surface area contributed by atoms with E-state index in [0.717, 1.165) is 24.0 Å². The van der Waals surface area contributed by atoms with Crippen LogP contribution in [-0.4, -0.2) is 11.7 Å². The van der Waals surface area contributed by atoms with Crippen LogP contribution >= 0.6 is 0 Å². The van der Waals surface area contributed by atoms with E-state index >= 15 is 0 Å². The Morgan fingerprint density at radius 3 is 2.71 bits per heavy atom. The summed E-state index contributed by atoms with van der Waals surface area (Å²) < 4.78 is 0. The highest BCUT2D eigenvalue weighted by molar-refractivity contribution is 5.37. The summed E-state index contributed by atoms with van der Waals surface area (Å²) >= 11 is 0. The van der Waals surface area contributed by atoms with Crippen molar-refractivity contribution < 1.29 is 5.11 Å². The van der Waals surface area contributed by atoms with E-state index in [-0.39, 0.29) is 11.8 Å². The molecule has 0 unspecified atom stereocenters. The van der Waals surface area contributed by atoms with Crippen molar-refractivity contribution in [2.45, 2.75) is 25.8 Å². The fraction of sp³-hybridized carbons (Fsp3) is 0.455. The van der Waals surface area contributed by atoms with Crippen LogP contribution in [0.15, 0.2) is 18.2 Å². The highest BCUT2D eigenvalue weighted by atomic mass is 16.3. The fourth-order valence-corrected chi connectivity index (χ4v) is 1.46. The van der Waals surface area contributed by atoms with Crippen LogP contribution in [0.2, 0.25) is 0 Å². The van der Waals surface area contributed by atoms with Crippen LogP contribution in [0.25, 0.3) is 0 Å². The van der Waals surface area contributed by atoms with Gasteiger partial charge in [0.15, 0.2) is 0 Å². The Balaban J connectivity index is 2.74. The summed E-state index contributed by atoms with van der Waals surface area (Å²) in [5.74, 6) is 0.287. The molecule has 0 saturated carbocycles. The first kappa shape index (κ1) is 11.0. The standard InChI is InChI=1S/C11H18N2O/c1-8-4-5-9(11(14)7-8)10(13)3-2-6-12/h4-5,7,10,14H,2-3,6,12-13H2,1H3/t10-/m0/s1. The highest BCUT2D eigenvalue weighted by Gasteiger charge is 2.09. The topological polar surface area (TPSA) is 72.3 Å². The molecule has 3 nitrogen and oxygen atoms in total. The normalized spacial score (nSPS) is 12.8. The predicted octanol–water partition coefficient (Wildman–Crippen LogP) is 1.44. The predicted molar refractivity (Wildman–Crippen MR) is 58.1 cm³/mol. The van der Waals surface area contributed by atoms with Crippen molar-refractivity contribution in [2.24, 2.45) is 11.5 Å². The highest BCUT2D eigenvalue weighted by Crippen LogP contribution is 2.26. The molecule has 1 rings (SSSR count). The Morgan fingerprint density at radius 1 is 1.43 bits per heavy atom. The summed E-state index contributed by atoms with van der Waals surface area (Å²) in [5, 5.41) is 9.65. The van der Waals surface area contributed by atoms with Gasteiger partial charge in [0.1, 0.15) is 5.75 Å². The van der Waals surface area contributed by atoms with E-state index in [1.165, 1.54) is 0 Å². The zero-order chi connectivity index (χ0) is 10.6. The van der Waals surface area contributed by atoms with Gasteiger partial charge >= 0.3 is 0 Å². The van der Waals surface area contributed by atoms with Gasteiger partial charge in [-0.25, -0.2) is 0 Å². The maximum Gasteiger partial charge on any atom is 0.120 e. The maximum atomic E-state index is 9.65. The van der Waals surface area contributed by atoms with Crippen molar-refractivity contribution in [3.05, 3.63) is 29.3 Å². The second-order valence-electron chi connectivity index (χ2n) is 3.60. The number of phenols is 1. The summed E-state index contributed by atoms with van der Waals surface area (Å²) in [6.45, 7) is 2.58. The number of aromatic hydroxyl groups is 1. The molecule has 0 amide bonds. The van der Waals surface area contributed by atoms with E-state index in [9.17, 15) is 5.11 Å². The van der Waals surface area contributed by atoms with Crippen LogP contribution in [0.1, 0.15) is 30.0 Å². The molecular formula is C11H18N2O. The number of hydrogen-bond donors (Lipinski definition) is 3. The van der Waals surface area contributed by atoms with Gasteiger partial charge in [-0.1, -0.05) is 12.1 Å². The minimum Gasteiger partial charge on any atom is -0.508 e. The van der Waals surface area contributed by atoms with Gasteiger partial charge in [-0.3, -0.25) is 0 Å². The summed E-state index contributed by atoms with van der Waals surface area (Å²) in [6.07, 6.45) is 1.70. The van der Waals surface area contributed by atoms with E-state index in [1.54, 1.807) is 6.07 Å². The zero-order valence-electron chi connectivity index (χ0n) is 8.53. The molecule has 3 heteroatoms. The molecule has 0 aliphatic carbocycles. The lowest BCUT2D eigenvalue weighted by Gasteiger charge is -2.13. The van der Waals surface area contributed by atoms with Gasteiger partial charge in [-0.15, -0.1) is 0 Å². The Hall–Kier alpha value is -1.06. The lowest BCUT2D eigenvalue weighted by molar-refractivity contribution is 0.457. The number of hydrogen-bond acceptors (Lipinski definition) is 3. The SMILES string of the molecule is Cc1ccc([C@@H](N)CCCN)c(O)c1. The van der Waals surface area contributed by atoms with Crippen molar-refractivity contribution in [3.8, 4) is 5.75 Å². The number of rotatable bonds is 4. The van der Waals surface area contributed by atoms with Gasteiger partial charge in [-0.05, 0) is 37.9 Å². The Labute approximate surface area is 84.7 Å². The van der Waals surface area contributed by atoms with Gasteiger partial charge in [0.25, 0.3) is 0 Å². The zero-order valence-corrected chi connectivity index (χ0v) is 8.53. The van der Waals surface area contributed by atoms with Gasteiger partial charge in [-0.2, -0.15) is 0 Å². The van der Waals surface area contributed by atoms with Crippen molar-refractivity contribution in [1.29, 1.82) is 0 Å². The average Bonchev–Trinajstić information content (AvgIpc) is 2.14. The molecule has 1 aromatic carbocycles. The van der Waals surface area contributed by atoms with E-state index < -0.39 is 0 Å². The van der Waals surface area contributed by atoms with E-state index in [1.807, 2.05) is 19.1 Å². The van der Waals surface area contributed by atoms with Gasteiger partial charge in [0.05, 0.1) is 0 Å². The first-order valence-corrected chi connectivity index (χ1v) is 4.90. The lowest BCUT2D eigenvalue weighted by Crippen LogP contribution is -2.12. The molecule has 0 aliphatic rings. The summed E-state index contributed by atoms with van der Waals surface area (Å²) in [6, 6.07) is 5.46. The second kappa shape index (κ2) is 4.98. The molecule has 78 valence electrons. The summed E-state index contributed by atoms with van der Waals surface area (Å²) in [7, 11) is 0. The molecule has 0 aromatic heterocycles. The van der Waals surface area contributed by atoms with Crippen molar-refractivity contribution in [1.82, 2.24) is 0 Å². The Bertz CT molecular complexity index is 299. The molecule has 14 heavy (non-hydrogen) atoms. The molecule has 0 spiro atoms. The first-order chi connectivity index (χ1) is 6.65. The fourth-order valence-electron chi connectivity index (χ4n) is 1.46. The first-order valence-electron chi connectivity index (χ1n) is 4.90. The second-order valence-corrected chi connectivity index (χ2v) is 3.60. The minimum absolute atomic E-state index is 0.112. The van der Waals surface area contributed by atoms with Crippen molar-refractivity contribution in [3.63, 3.8) is 0 Å². The van der Waals surface area contributed by atoms with E-state index in [4.69, 9.17) is 11.5 Å². The van der Waals surface area contributed by atoms with E-state index in [2.05, 4.69) is 0 Å². The van der Waals surface area contributed by atoms with Crippen LogP contribution in [0, 0.1) is 6.92 Å². The summed E-state index contributed by atoms with van der Waals surface area (Å²) in [4.78, 5) is 0. The van der Waals surface area contributed by atoms with Crippen molar-refractivity contribution in [2.75, 3.05) is 6.54 Å². The molecule has 0 saturated heterocycles. The molecule has 0 radical (unpaired) electrons. The molecule has 1 atom stereocenters. The average molecular weight is 194 g/mol. The molecule has 5 N–H and O–H groups in total. The van der Waals surface area contributed by atoms with Crippen molar-refractivity contribution >= 4 is 0 Å². The number of benzene rings is 1. The third-order valence-electron chi connectivity index (χ3n) is 2.30. The van der Waals surface area contributed by atoms with Crippen LogP contribution in [0.4, 0.5) is 0 Å². The molecule has 0 heterocycles. The molecule has 0 aliphatic heterocycles. The molecule has 0 bridgehead atoms. The van der Waals surface area contributed by atoms with Gasteiger partial charge in [0.2, 0.25) is 0 Å². The summed E-state index contributed by atoms with van der Waals surface area (Å²) in [5.41, 5.74) is 13.2. The number of phenolic OH excluding ortho intramolecular Hbond substituents is 1. The molecule has 1 aromatic rings. The van der Waals surface area contributed by atoms with Crippen LogP contribution in [-0.2, 0) is 0 Å². The Morgan fingerprint density at radius 2 is 2.14 bits per heavy atom. The minimum atomic E-state index is -0.112. The maximum absolute atomic E-state index is 9.65. The molecular weight excluding hydrogens is 176 g/mol. The van der Waals surface area contributed by atoms with Crippen LogP contribution in [0.3, 0.4) is 0 Å². The Kier molecular flexibility index (Phi) is 3.92. The van der Waals surface area contributed by atoms with Crippen LogP contribution < -0.4 is 11.5 Å². The third-order valence-corrected chi connectivity index (χ3v) is 2.30. The van der Waals surface area contributed by atoms with Gasteiger partial charge in [0, 0.05) is 11.6 Å². The largest absolute Gasteiger partial charge is 0.508 e. The van der Waals surface area contributed by atoms with Gasteiger partial charge < -0.3 is 16.6 Å². The smallest absolute Gasteiger partial charge is 0.120 e. The van der Waals surface area contributed by atoms with E-state index in [0.29, 0.717) is 6.54 Å². The quantitative estimate of drug-likeness (QED) is 0.679. The number of nitrogens with two attached hydrogens (primary N) is 2. The third kappa shape index (κ3) is 2.72.